The van der Waals surface area contributed by atoms with Crippen LogP contribution in [0.1, 0.15) is 15.9 Å². The Balaban J connectivity index is 1.18. The summed E-state index contributed by atoms with van der Waals surface area (Å²) in [5, 5.41) is 9.92. The summed E-state index contributed by atoms with van der Waals surface area (Å²) in [6, 6.07) is 14.9. The molecule has 0 aliphatic carbocycles. The Hall–Kier alpha value is -4.74. The zero-order valence-corrected chi connectivity index (χ0v) is 24.0. The molecule has 1 fully saturated rings. The number of cyclic esters (lactones) is 1. The number of fused-ring (bicyclic) bond motifs is 1. The fourth-order valence-corrected chi connectivity index (χ4v) is 5.71. The van der Waals surface area contributed by atoms with Crippen LogP contribution in [0.5, 0.6) is 0 Å². The molecule has 0 bridgehead atoms. The zero-order valence-electron chi connectivity index (χ0n) is 23.3. The molecule has 0 saturated carbocycles. The number of esters is 1. The van der Waals surface area contributed by atoms with E-state index >= 15 is 4.39 Å². The number of halogens is 3. The van der Waals surface area contributed by atoms with Crippen LogP contribution in [0.15, 0.2) is 77.4 Å². The van der Waals surface area contributed by atoms with Gasteiger partial charge >= 0.3 is 11.9 Å². The SMILES string of the molecule is O=C1OCC(OCCN2CCN(c3cc4c(cc3F)c(=O)c(C(=O)O)cn4-c3ccc(F)cc3)CC2)=C1c1ccccc1Cl. The Kier molecular flexibility index (Phi) is 8.07. The van der Waals surface area contributed by atoms with E-state index in [4.69, 9.17) is 21.1 Å². The predicted octanol–water partition coefficient (Wildman–Crippen LogP) is 4.73. The molecule has 0 radical (unpaired) electrons. The molecule has 0 unspecified atom stereocenters. The quantitative estimate of drug-likeness (QED) is 0.282. The normalized spacial score (nSPS) is 15.6. The maximum Gasteiger partial charge on any atom is 0.342 e. The summed E-state index contributed by atoms with van der Waals surface area (Å²) in [4.78, 5) is 41.1. The van der Waals surface area contributed by atoms with Gasteiger partial charge in [-0.1, -0.05) is 29.8 Å². The molecule has 12 heteroatoms. The topological polar surface area (TPSA) is 101 Å². The first-order chi connectivity index (χ1) is 21.2. The number of carbonyl (C=O) groups excluding carboxylic acids is 1. The van der Waals surface area contributed by atoms with Gasteiger partial charge in [0.15, 0.2) is 0 Å². The Morgan fingerprint density at radius 3 is 2.43 bits per heavy atom. The van der Waals surface area contributed by atoms with Crippen LogP contribution < -0.4 is 10.3 Å². The molecule has 44 heavy (non-hydrogen) atoms. The molecular formula is C32H26ClF2N3O6. The van der Waals surface area contributed by atoms with E-state index in [1.165, 1.54) is 41.1 Å². The fraction of sp³-hybridized carbons (Fsp3) is 0.219. The number of piperazine rings is 1. The van der Waals surface area contributed by atoms with Crippen molar-refractivity contribution < 1.29 is 33.0 Å². The van der Waals surface area contributed by atoms with Gasteiger partial charge < -0.3 is 24.0 Å². The Bertz CT molecular complexity index is 1870. The van der Waals surface area contributed by atoms with Crippen LogP contribution in [0, 0.1) is 11.6 Å². The molecule has 0 amide bonds. The molecule has 2 aliphatic rings. The van der Waals surface area contributed by atoms with Crippen molar-refractivity contribution in [3.8, 4) is 5.69 Å². The lowest BCUT2D eigenvalue weighted by Gasteiger charge is -2.36. The van der Waals surface area contributed by atoms with E-state index in [0.29, 0.717) is 72.5 Å². The smallest absolute Gasteiger partial charge is 0.342 e. The van der Waals surface area contributed by atoms with Gasteiger partial charge in [0.05, 0.1) is 11.2 Å². The first-order valence-electron chi connectivity index (χ1n) is 13.8. The molecule has 3 aromatic carbocycles. The molecule has 0 spiro atoms. The summed E-state index contributed by atoms with van der Waals surface area (Å²) in [7, 11) is 0. The van der Waals surface area contributed by atoms with Gasteiger partial charge in [0.2, 0.25) is 5.43 Å². The minimum absolute atomic E-state index is 0.0331. The van der Waals surface area contributed by atoms with Crippen molar-refractivity contribution in [2.45, 2.75) is 0 Å². The number of carboxylic acid groups (broad SMARTS) is 1. The molecule has 1 aromatic heterocycles. The highest BCUT2D eigenvalue weighted by Gasteiger charge is 2.30. The van der Waals surface area contributed by atoms with Crippen LogP contribution in [0.25, 0.3) is 22.2 Å². The van der Waals surface area contributed by atoms with Crippen molar-refractivity contribution in [2.75, 3.05) is 50.8 Å². The lowest BCUT2D eigenvalue weighted by atomic mass is 10.1. The summed E-state index contributed by atoms with van der Waals surface area (Å²) in [5.41, 5.74) is 0.543. The van der Waals surface area contributed by atoms with E-state index in [1.807, 2.05) is 4.90 Å². The highest BCUT2D eigenvalue weighted by molar-refractivity contribution is 6.34. The number of hydrogen-bond acceptors (Lipinski definition) is 7. The second-order valence-electron chi connectivity index (χ2n) is 10.4. The number of rotatable bonds is 8. The van der Waals surface area contributed by atoms with E-state index in [0.717, 1.165) is 6.07 Å². The van der Waals surface area contributed by atoms with Crippen LogP contribution in [0.4, 0.5) is 14.5 Å². The average molecular weight is 622 g/mol. The third kappa shape index (κ3) is 5.63. The Labute approximate surface area is 255 Å². The molecular weight excluding hydrogens is 596 g/mol. The second kappa shape index (κ2) is 12.1. The van der Waals surface area contributed by atoms with Gasteiger partial charge in [-0.15, -0.1) is 0 Å². The number of aromatic carboxylic acids is 1. The molecule has 4 aromatic rings. The summed E-state index contributed by atoms with van der Waals surface area (Å²) in [6.07, 6.45) is 1.18. The van der Waals surface area contributed by atoms with Gasteiger partial charge in [0, 0.05) is 60.6 Å². The number of pyridine rings is 1. The maximum atomic E-state index is 15.4. The van der Waals surface area contributed by atoms with Crippen LogP contribution in [0.3, 0.4) is 0 Å². The van der Waals surface area contributed by atoms with E-state index in [1.54, 1.807) is 24.3 Å². The van der Waals surface area contributed by atoms with Gasteiger partial charge in [0.1, 0.15) is 41.7 Å². The number of aromatic nitrogens is 1. The molecule has 2 aliphatic heterocycles. The third-order valence-electron chi connectivity index (χ3n) is 7.76. The lowest BCUT2D eigenvalue weighted by Crippen LogP contribution is -2.47. The number of hydrogen-bond donors (Lipinski definition) is 1. The standard InChI is InChI=1S/C32H26ClF2N3O6/c33-24-4-2-1-3-21(24)29-28(18-44-32(29)42)43-14-13-36-9-11-37(12-10-36)27-16-26-22(15-25(27)35)30(39)23(31(40)41)17-38(26)20-7-5-19(34)6-8-20/h1-8,15-17H,9-14,18H2,(H,40,41). The minimum Gasteiger partial charge on any atom is -0.492 e. The molecule has 6 rings (SSSR count). The Morgan fingerprint density at radius 2 is 1.73 bits per heavy atom. The highest BCUT2D eigenvalue weighted by Crippen LogP contribution is 2.32. The molecule has 9 nitrogen and oxygen atoms in total. The highest BCUT2D eigenvalue weighted by atomic mass is 35.5. The van der Waals surface area contributed by atoms with Crippen LogP contribution in [-0.4, -0.2) is 72.4 Å². The van der Waals surface area contributed by atoms with E-state index in [9.17, 15) is 23.9 Å². The van der Waals surface area contributed by atoms with Crippen LogP contribution >= 0.6 is 11.6 Å². The number of anilines is 1. The van der Waals surface area contributed by atoms with E-state index in [2.05, 4.69) is 4.90 Å². The molecule has 1 N–H and O–H groups in total. The van der Waals surface area contributed by atoms with Crippen molar-refractivity contribution in [1.82, 2.24) is 9.47 Å². The summed E-state index contributed by atoms with van der Waals surface area (Å²) < 4.78 is 41.6. The minimum atomic E-state index is -1.44. The van der Waals surface area contributed by atoms with Crippen molar-refractivity contribution in [2.24, 2.45) is 0 Å². The van der Waals surface area contributed by atoms with E-state index in [-0.39, 0.29) is 17.7 Å². The van der Waals surface area contributed by atoms with Crippen LogP contribution in [0.2, 0.25) is 5.02 Å². The third-order valence-corrected chi connectivity index (χ3v) is 8.09. The van der Waals surface area contributed by atoms with Crippen molar-refractivity contribution in [3.63, 3.8) is 0 Å². The summed E-state index contributed by atoms with van der Waals surface area (Å²) >= 11 is 6.28. The van der Waals surface area contributed by atoms with Gasteiger partial charge in [-0.05, 0) is 42.5 Å². The predicted molar refractivity (Wildman–Crippen MR) is 160 cm³/mol. The zero-order chi connectivity index (χ0) is 31.0. The molecule has 1 saturated heterocycles. The van der Waals surface area contributed by atoms with Gasteiger partial charge in [-0.2, -0.15) is 0 Å². The summed E-state index contributed by atoms with van der Waals surface area (Å²) in [6.45, 7) is 3.04. The van der Waals surface area contributed by atoms with E-state index < -0.39 is 34.6 Å². The Morgan fingerprint density at radius 1 is 1.00 bits per heavy atom. The van der Waals surface area contributed by atoms with Crippen molar-refractivity contribution in [3.05, 3.63) is 111 Å². The van der Waals surface area contributed by atoms with Crippen LogP contribution in [-0.2, 0) is 14.3 Å². The van der Waals surface area contributed by atoms with Crippen molar-refractivity contribution in [1.29, 1.82) is 0 Å². The largest absolute Gasteiger partial charge is 0.492 e. The lowest BCUT2D eigenvalue weighted by molar-refractivity contribution is -0.134. The maximum absolute atomic E-state index is 15.4. The monoisotopic (exact) mass is 621 g/mol. The first-order valence-corrected chi connectivity index (χ1v) is 14.2. The number of nitrogens with zero attached hydrogens (tertiary/aromatic N) is 3. The van der Waals surface area contributed by atoms with Gasteiger partial charge in [0.25, 0.3) is 0 Å². The number of carbonyl (C=O) groups is 2. The van der Waals surface area contributed by atoms with Gasteiger partial charge in [-0.3, -0.25) is 9.69 Å². The second-order valence-corrected chi connectivity index (χ2v) is 10.8. The van der Waals surface area contributed by atoms with Crippen molar-refractivity contribution >= 4 is 45.7 Å². The number of ether oxygens (including phenoxy) is 2. The first kappa shape index (κ1) is 29.3. The fourth-order valence-electron chi connectivity index (χ4n) is 5.48. The average Bonchev–Trinajstić information content (AvgIpc) is 3.38. The number of benzene rings is 3. The molecule has 3 heterocycles. The number of carboxylic acids is 1. The molecule has 0 atom stereocenters. The molecule has 226 valence electrons. The van der Waals surface area contributed by atoms with Gasteiger partial charge in [-0.25, -0.2) is 18.4 Å². The summed E-state index contributed by atoms with van der Waals surface area (Å²) in [5.74, 6) is -2.62.